The van der Waals surface area contributed by atoms with Crippen LogP contribution >= 0.6 is 0 Å². The van der Waals surface area contributed by atoms with Gasteiger partial charge in [0.05, 0.1) is 0 Å². The second-order valence-electron chi connectivity index (χ2n) is 2.91. The van der Waals surface area contributed by atoms with Crippen LogP contribution in [0.25, 0.3) is 0 Å². The predicted molar refractivity (Wildman–Crippen MR) is 41.5 cm³/mol. The maximum Gasteiger partial charge on any atom is 0.0469 e. The van der Waals surface area contributed by atoms with Crippen molar-refractivity contribution in [1.29, 1.82) is 0 Å². The standard InChI is InChI=1S/C9H14O/c1-3-8(2)9-4-6-10-7-5-9/h1,8-9H,4-7H2,2H3. The van der Waals surface area contributed by atoms with E-state index in [1.807, 2.05) is 0 Å². The molecule has 0 spiro atoms. The molecule has 1 saturated heterocycles. The molecule has 0 radical (unpaired) electrons. The van der Waals surface area contributed by atoms with Crippen molar-refractivity contribution in [3.05, 3.63) is 0 Å². The lowest BCUT2D eigenvalue weighted by Gasteiger charge is -2.24. The van der Waals surface area contributed by atoms with Crippen molar-refractivity contribution >= 4 is 0 Å². The van der Waals surface area contributed by atoms with Crippen LogP contribution in [0.2, 0.25) is 0 Å². The summed E-state index contributed by atoms with van der Waals surface area (Å²) in [6.07, 6.45) is 7.60. The Morgan fingerprint density at radius 3 is 2.60 bits per heavy atom. The van der Waals surface area contributed by atoms with Gasteiger partial charge in [-0.15, -0.1) is 12.3 Å². The van der Waals surface area contributed by atoms with Gasteiger partial charge in [0.1, 0.15) is 0 Å². The second kappa shape index (κ2) is 3.63. The number of hydrogen-bond donors (Lipinski definition) is 0. The van der Waals surface area contributed by atoms with E-state index in [2.05, 4.69) is 12.8 Å². The van der Waals surface area contributed by atoms with Crippen LogP contribution in [0.1, 0.15) is 19.8 Å². The summed E-state index contributed by atoms with van der Waals surface area (Å²) in [6, 6.07) is 0. The fourth-order valence-corrected chi connectivity index (χ4v) is 1.35. The van der Waals surface area contributed by atoms with Crippen LogP contribution in [-0.4, -0.2) is 13.2 Å². The normalized spacial score (nSPS) is 23.6. The van der Waals surface area contributed by atoms with Crippen LogP contribution in [0.3, 0.4) is 0 Å². The van der Waals surface area contributed by atoms with Crippen molar-refractivity contribution in [2.45, 2.75) is 19.8 Å². The third-order valence-electron chi connectivity index (χ3n) is 2.24. The molecule has 1 aliphatic heterocycles. The Hall–Kier alpha value is -0.480. The van der Waals surface area contributed by atoms with Crippen molar-refractivity contribution < 1.29 is 4.74 Å². The molecule has 1 heterocycles. The maximum atomic E-state index is 5.31. The first-order valence-electron chi connectivity index (χ1n) is 3.88. The molecule has 0 aliphatic carbocycles. The van der Waals surface area contributed by atoms with E-state index < -0.39 is 0 Å². The van der Waals surface area contributed by atoms with Crippen molar-refractivity contribution in [2.24, 2.45) is 11.8 Å². The Balaban J connectivity index is 2.33. The van der Waals surface area contributed by atoms with E-state index in [1.165, 1.54) is 0 Å². The summed E-state index contributed by atoms with van der Waals surface area (Å²) < 4.78 is 5.23. The van der Waals surface area contributed by atoms with Gasteiger partial charge in [-0.05, 0) is 18.8 Å². The minimum atomic E-state index is 0.434. The molecule has 1 heteroatoms. The van der Waals surface area contributed by atoms with E-state index in [-0.39, 0.29) is 0 Å². The zero-order valence-corrected chi connectivity index (χ0v) is 6.47. The van der Waals surface area contributed by atoms with Gasteiger partial charge in [-0.3, -0.25) is 0 Å². The largest absolute Gasteiger partial charge is 0.381 e. The molecule has 1 atom stereocenters. The highest BCUT2D eigenvalue weighted by atomic mass is 16.5. The first kappa shape index (κ1) is 7.63. The molecule has 1 nitrogen and oxygen atoms in total. The average Bonchev–Trinajstić information content (AvgIpc) is 2.05. The molecule has 10 heavy (non-hydrogen) atoms. The SMILES string of the molecule is C#CC(C)C1CCOCC1. The molecule has 0 saturated carbocycles. The Labute approximate surface area is 62.8 Å². The Kier molecular flexibility index (Phi) is 2.77. The van der Waals surface area contributed by atoms with Gasteiger partial charge in [0.15, 0.2) is 0 Å². The molecule has 1 rings (SSSR count). The lowest BCUT2D eigenvalue weighted by atomic mass is 9.88. The van der Waals surface area contributed by atoms with E-state index in [9.17, 15) is 0 Å². The zero-order chi connectivity index (χ0) is 7.40. The Bertz CT molecular complexity index is 128. The van der Waals surface area contributed by atoms with E-state index in [0.717, 1.165) is 26.1 Å². The van der Waals surface area contributed by atoms with Crippen LogP contribution in [-0.2, 0) is 4.74 Å². The summed E-state index contributed by atoms with van der Waals surface area (Å²) in [5.41, 5.74) is 0. The minimum absolute atomic E-state index is 0.434. The van der Waals surface area contributed by atoms with Gasteiger partial charge >= 0.3 is 0 Å². The highest BCUT2D eigenvalue weighted by molar-refractivity contribution is 4.94. The quantitative estimate of drug-likeness (QED) is 0.501. The predicted octanol–water partition coefficient (Wildman–Crippen LogP) is 1.68. The van der Waals surface area contributed by atoms with E-state index in [4.69, 9.17) is 11.2 Å². The van der Waals surface area contributed by atoms with Gasteiger partial charge in [-0.25, -0.2) is 0 Å². The molecular formula is C9H14O. The fourth-order valence-electron chi connectivity index (χ4n) is 1.35. The molecule has 0 bridgehead atoms. The summed E-state index contributed by atoms with van der Waals surface area (Å²) in [4.78, 5) is 0. The second-order valence-corrected chi connectivity index (χ2v) is 2.91. The van der Waals surface area contributed by atoms with Gasteiger partial charge in [-0.1, -0.05) is 6.92 Å². The first-order valence-corrected chi connectivity index (χ1v) is 3.88. The van der Waals surface area contributed by atoms with E-state index in [0.29, 0.717) is 11.8 Å². The topological polar surface area (TPSA) is 9.23 Å². The first-order chi connectivity index (χ1) is 4.84. The van der Waals surface area contributed by atoms with Crippen LogP contribution in [0.15, 0.2) is 0 Å². The molecule has 0 aromatic carbocycles. The van der Waals surface area contributed by atoms with Gasteiger partial charge in [0, 0.05) is 19.1 Å². The summed E-state index contributed by atoms with van der Waals surface area (Å²) >= 11 is 0. The molecule has 1 unspecified atom stereocenters. The summed E-state index contributed by atoms with van der Waals surface area (Å²) in [5, 5.41) is 0. The number of rotatable bonds is 1. The highest BCUT2D eigenvalue weighted by Crippen LogP contribution is 2.22. The van der Waals surface area contributed by atoms with Crippen molar-refractivity contribution in [3.8, 4) is 12.3 Å². The van der Waals surface area contributed by atoms with Crippen LogP contribution in [0.5, 0.6) is 0 Å². The maximum absolute atomic E-state index is 5.31. The molecular weight excluding hydrogens is 124 g/mol. The van der Waals surface area contributed by atoms with E-state index in [1.54, 1.807) is 0 Å². The molecule has 0 amide bonds. The molecule has 1 aliphatic rings. The molecule has 56 valence electrons. The number of ether oxygens (including phenoxy) is 1. The third kappa shape index (κ3) is 1.75. The van der Waals surface area contributed by atoms with Gasteiger partial charge in [0.2, 0.25) is 0 Å². The van der Waals surface area contributed by atoms with Crippen molar-refractivity contribution in [3.63, 3.8) is 0 Å². The molecule has 1 fully saturated rings. The van der Waals surface area contributed by atoms with Crippen LogP contribution in [0, 0.1) is 24.2 Å². The lowest BCUT2D eigenvalue weighted by molar-refractivity contribution is 0.0572. The minimum Gasteiger partial charge on any atom is -0.381 e. The third-order valence-corrected chi connectivity index (χ3v) is 2.24. The van der Waals surface area contributed by atoms with Gasteiger partial charge < -0.3 is 4.74 Å². The average molecular weight is 138 g/mol. The highest BCUT2D eigenvalue weighted by Gasteiger charge is 2.18. The van der Waals surface area contributed by atoms with Crippen molar-refractivity contribution in [1.82, 2.24) is 0 Å². The molecule has 0 aromatic heterocycles. The van der Waals surface area contributed by atoms with Gasteiger partial charge in [-0.2, -0.15) is 0 Å². The molecule has 0 N–H and O–H groups in total. The summed E-state index contributed by atoms with van der Waals surface area (Å²) in [6.45, 7) is 3.92. The molecule has 0 aromatic rings. The summed E-state index contributed by atoms with van der Waals surface area (Å²) in [5.74, 6) is 3.92. The Morgan fingerprint density at radius 2 is 2.10 bits per heavy atom. The summed E-state index contributed by atoms with van der Waals surface area (Å²) in [7, 11) is 0. The van der Waals surface area contributed by atoms with Crippen molar-refractivity contribution in [2.75, 3.05) is 13.2 Å². The van der Waals surface area contributed by atoms with Crippen LogP contribution < -0.4 is 0 Å². The fraction of sp³-hybridized carbons (Fsp3) is 0.778. The van der Waals surface area contributed by atoms with Crippen LogP contribution in [0.4, 0.5) is 0 Å². The van der Waals surface area contributed by atoms with Gasteiger partial charge in [0.25, 0.3) is 0 Å². The Morgan fingerprint density at radius 1 is 1.50 bits per heavy atom. The van der Waals surface area contributed by atoms with E-state index >= 15 is 0 Å². The smallest absolute Gasteiger partial charge is 0.0469 e. The lowest BCUT2D eigenvalue weighted by Crippen LogP contribution is -2.20. The zero-order valence-electron chi connectivity index (χ0n) is 6.47. The number of hydrogen-bond acceptors (Lipinski definition) is 1. The monoisotopic (exact) mass is 138 g/mol. The number of terminal acetylenes is 1.